The van der Waals surface area contributed by atoms with Crippen molar-refractivity contribution in [2.24, 2.45) is 5.73 Å². The molecule has 1 atom stereocenters. The van der Waals surface area contributed by atoms with E-state index in [-0.39, 0.29) is 0 Å². The van der Waals surface area contributed by atoms with E-state index in [1.807, 2.05) is 11.8 Å². The highest BCUT2D eigenvalue weighted by atomic mass is 32.2. The summed E-state index contributed by atoms with van der Waals surface area (Å²) in [6.07, 6.45) is 3.57. The summed E-state index contributed by atoms with van der Waals surface area (Å²) in [4.78, 5) is 2.57. The molecule has 0 bridgehead atoms. The molecule has 0 aliphatic carbocycles. The third-order valence-corrected chi connectivity index (χ3v) is 4.44. The lowest BCUT2D eigenvalue weighted by Crippen LogP contribution is -2.48. The zero-order valence-corrected chi connectivity index (χ0v) is 13.5. The van der Waals surface area contributed by atoms with Crippen LogP contribution in [0.5, 0.6) is 0 Å². The van der Waals surface area contributed by atoms with Gasteiger partial charge in [-0.15, -0.1) is 0 Å². The topological polar surface area (TPSA) is 38.5 Å². The number of hydrogen-bond acceptors (Lipinski definition) is 4. The molecule has 4 heteroatoms. The van der Waals surface area contributed by atoms with Gasteiger partial charge in [0, 0.05) is 32.3 Å². The van der Waals surface area contributed by atoms with E-state index in [2.05, 4.69) is 25.7 Å². The summed E-state index contributed by atoms with van der Waals surface area (Å²) in [7, 11) is 1.77. The fraction of sp³-hybridized carbons (Fsp3) is 1.00. The Labute approximate surface area is 118 Å². The van der Waals surface area contributed by atoms with E-state index in [1.54, 1.807) is 7.11 Å². The quantitative estimate of drug-likeness (QED) is 0.556. The Bertz CT molecular complexity index is 177. The monoisotopic (exact) mass is 276 g/mol. The summed E-state index contributed by atoms with van der Waals surface area (Å²) in [5.74, 6) is 2.41. The lowest BCUT2D eigenvalue weighted by Gasteiger charge is -2.37. The Morgan fingerprint density at radius 3 is 2.28 bits per heavy atom. The maximum absolute atomic E-state index is 5.98. The maximum Gasteiger partial charge on any atom is 0.0589 e. The first kappa shape index (κ1) is 18.2. The molecule has 0 saturated carbocycles. The van der Waals surface area contributed by atoms with Gasteiger partial charge in [0.05, 0.1) is 6.61 Å². The first-order valence-electron chi connectivity index (χ1n) is 7.27. The van der Waals surface area contributed by atoms with E-state index in [1.165, 1.54) is 30.8 Å². The van der Waals surface area contributed by atoms with Gasteiger partial charge in [-0.3, -0.25) is 4.90 Å². The van der Waals surface area contributed by atoms with Crippen molar-refractivity contribution in [3.05, 3.63) is 0 Å². The average molecular weight is 276 g/mol. The summed E-state index contributed by atoms with van der Waals surface area (Å²) in [6, 6.07) is 1.14. The molecule has 0 fully saturated rings. The van der Waals surface area contributed by atoms with Gasteiger partial charge in [-0.25, -0.2) is 0 Å². The molecule has 0 aromatic carbocycles. The summed E-state index contributed by atoms with van der Waals surface area (Å²) in [6.45, 7) is 9.30. The Morgan fingerprint density at radius 1 is 1.17 bits per heavy atom. The van der Waals surface area contributed by atoms with Crippen molar-refractivity contribution in [1.29, 1.82) is 0 Å². The largest absolute Gasteiger partial charge is 0.383 e. The molecule has 3 nitrogen and oxygen atoms in total. The summed E-state index contributed by atoms with van der Waals surface area (Å²) < 4.78 is 5.24. The molecule has 0 aliphatic rings. The van der Waals surface area contributed by atoms with Crippen molar-refractivity contribution >= 4 is 11.8 Å². The van der Waals surface area contributed by atoms with Gasteiger partial charge in [0.25, 0.3) is 0 Å². The minimum absolute atomic E-state index is 0.504. The molecule has 0 amide bonds. The van der Waals surface area contributed by atoms with Crippen molar-refractivity contribution in [1.82, 2.24) is 4.90 Å². The highest BCUT2D eigenvalue weighted by Gasteiger charge is 2.22. The van der Waals surface area contributed by atoms with Crippen LogP contribution >= 0.6 is 11.8 Å². The van der Waals surface area contributed by atoms with Gasteiger partial charge < -0.3 is 10.5 Å². The normalized spacial score (nSPS) is 13.5. The Kier molecular flexibility index (Phi) is 12.4. The molecule has 0 rings (SSSR count). The highest BCUT2D eigenvalue weighted by molar-refractivity contribution is 7.99. The highest BCUT2D eigenvalue weighted by Crippen LogP contribution is 2.16. The van der Waals surface area contributed by atoms with Gasteiger partial charge in [-0.05, 0) is 30.8 Å². The smallest absolute Gasteiger partial charge is 0.0589 e. The second kappa shape index (κ2) is 12.3. The van der Waals surface area contributed by atoms with E-state index in [0.717, 1.165) is 19.7 Å². The van der Waals surface area contributed by atoms with Crippen LogP contribution < -0.4 is 5.73 Å². The van der Waals surface area contributed by atoms with Crippen molar-refractivity contribution in [3.8, 4) is 0 Å². The van der Waals surface area contributed by atoms with E-state index in [9.17, 15) is 0 Å². The van der Waals surface area contributed by atoms with E-state index in [0.29, 0.717) is 12.1 Å². The molecule has 0 aromatic heterocycles. The van der Waals surface area contributed by atoms with Gasteiger partial charge in [0.15, 0.2) is 0 Å². The summed E-state index contributed by atoms with van der Waals surface area (Å²) in [5, 5.41) is 0. The second-order valence-electron chi connectivity index (χ2n) is 4.58. The predicted octanol–water partition coefficient (Wildman–Crippen LogP) is 2.59. The minimum atomic E-state index is 0.504. The van der Waals surface area contributed by atoms with Crippen molar-refractivity contribution < 1.29 is 4.74 Å². The van der Waals surface area contributed by atoms with Crippen LogP contribution in [0.2, 0.25) is 0 Å². The molecule has 0 aromatic rings. The van der Waals surface area contributed by atoms with Crippen LogP contribution in [0, 0.1) is 0 Å². The number of methoxy groups -OCH3 is 1. The number of nitrogens with zero attached hydrogens (tertiary/aromatic N) is 1. The molecule has 18 heavy (non-hydrogen) atoms. The molecule has 0 radical (unpaired) electrons. The predicted molar refractivity (Wildman–Crippen MR) is 83.4 cm³/mol. The van der Waals surface area contributed by atoms with Crippen molar-refractivity contribution in [2.45, 2.75) is 52.1 Å². The molecule has 0 saturated heterocycles. The van der Waals surface area contributed by atoms with Crippen molar-refractivity contribution in [3.63, 3.8) is 0 Å². The maximum atomic E-state index is 5.98. The lowest BCUT2D eigenvalue weighted by molar-refractivity contribution is 0.0808. The van der Waals surface area contributed by atoms with Gasteiger partial charge in [0.2, 0.25) is 0 Å². The van der Waals surface area contributed by atoms with E-state index in [4.69, 9.17) is 10.5 Å². The number of hydrogen-bond donors (Lipinski definition) is 1. The average Bonchev–Trinajstić information content (AvgIpc) is 2.40. The minimum Gasteiger partial charge on any atom is -0.383 e. The lowest BCUT2D eigenvalue weighted by atomic mass is 10.1. The number of thioether (sulfide) groups is 1. The van der Waals surface area contributed by atoms with Gasteiger partial charge in [-0.1, -0.05) is 20.8 Å². The number of rotatable bonds is 12. The van der Waals surface area contributed by atoms with Crippen LogP contribution in [0.15, 0.2) is 0 Å². The Hall–Kier alpha value is 0.230. The van der Waals surface area contributed by atoms with E-state index >= 15 is 0 Å². The fourth-order valence-electron chi connectivity index (χ4n) is 2.40. The third kappa shape index (κ3) is 6.98. The van der Waals surface area contributed by atoms with Gasteiger partial charge in [0.1, 0.15) is 0 Å². The standard InChI is InChI=1S/C14H32N2OS/c1-5-13(6-2)16(9-10-17-4)14(12-15)8-11-18-7-3/h13-14H,5-12,15H2,1-4H3. The first-order valence-corrected chi connectivity index (χ1v) is 8.42. The number of nitrogens with two attached hydrogens (primary N) is 1. The molecule has 110 valence electrons. The van der Waals surface area contributed by atoms with Crippen LogP contribution in [-0.4, -0.2) is 55.3 Å². The number of ether oxygens (including phenoxy) is 1. The molecule has 0 aliphatic heterocycles. The fourth-order valence-corrected chi connectivity index (χ4v) is 3.13. The zero-order chi connectivity index (χ0) is 13.8. The summed E-state index contributed by atoms with van der Waals surface area (Å²) in [5.41, 5.74) is 5.98. The molecule has 0 heterocycles. The second-order valence-corrected chi connectivity index (χ2v) is 5.97. The van der Waals surface area contributed by atoms with Crippen LogP contribution in [0.25, 0.3) is 0 Å². The third-order valence-electron chi connectivity index (χ3n) is 3.51. The van der Waals surface area contributed by atoms with Crippen LogP contribution in [0.3, 0.4) is 0 Å². The first-order chi connectivity index (χ1) is 8.74. The zero-order valence-electron chi connectivity index (χ0n) is 12.7. The van der Waals surface area contributed by atoms with E-state index < -0.39 is 0 Å². The molecular formula is C14H32N2OS. The molecule has 0 spiro atoms. The van der Waals surface area contributed by atoms with Crippen LogP contribution in [0.1, 0.15) is 40.0 Å². The molecule has 2 N–H and O–H groups in total. The van der Waals surface area contributed by atoms with Gasteiger partial charge >= 0.3 is 0 Å². The Morgan fingerprint density at radius 2 is 1.83 bits per heavy atom. The molecular weight excluding hydrogens is 244 g/mol. The summed E-state index contributed by atoms with van der Waals surface area (Å²) >= 11 is 2.01. The van der Waals surface area contributed by atoms with Gasteiger partial charge in [-0.2, -0.15) is 11.8 Å². The SMILES string of the molecule is CCSCCC(CN)N(CCOC)C(CC)CC. The van der Waals surface area contributed by atoms with Crippen LogP contribution in [-0.2, 0) is 4.74 Å². The van der Waals surface area contributed by atoms with Crippen LogP contribution in [0.4, 0.5) is 0 Å². The van der Waals surface area contributed by atoms with Crippen molar-refractivity contribution in [2.75, 3.05) is 38.3 Å². The molecule has 1 unspecified atom stereocenters. The Balaban J connectivity index is 4.44.